The maximum Gasteiger partial charge on any atom is 0.248 e. The van der Waals surface area contributed by atoms with Crippen LogP contribution in [0, 0.1) is 0 Å². The van der Waals surface area contributed by atoms with Gasteiger partial charge in [-0.05, 0) is 35.2 Å². The number of hydrogen-bond donors (Lipinski definition) is 1. The summed E-state index contributed by atoms with van der Waals surface area (Å²) in [6.07, 6.45) is 2.07. The van der Waals surface area contributed by atoms with Gasteiger partial charge in [0.2, 0.25) is 11.8 Å². The number of hydrogen-bond acceptors (Lipinski definition) is 4. The number of rotatable bonds is 4. The maximum absolute atomic E-state index is 12.6. The van der Waals surface area contributed by atoms with Crippen LogP contribution in [0.5, 0.6) is 0 Å². The molecule has 2 saturated heterocycles. The van der Waals surface area contributed by atoms with Gasteiger partial charge in [0.25, 0.3) is 0 Å². The molecule has 6 nitrogen and oxygen atoms in total. The molecule has 2 aromatic carbocycles. The summed E-state index contributed by atoms with van der Waals surface area (Å²) < 4.78 is 0. The number of nitrogens with zero attached hydrogens (tertiary/aromatic N) is 2. The van der Waals surface area contributed by atoms with Crippen molar-refractivity contribution in [3.8, 4) is 0 Å². The maximum atomic E-state index is 12.6. The van der Waals surface area contributed by atoms with Crippen LogP contribution in [0.3, 0.4) is 0 Å². The first-order valence-corrected chi connectivity index (χ1v) is 9.63. The molecule has 0 bridgehead atoms. The van der Waals surface area contributed by atoms with Crippen LogP contribution in [0.25, 0.3) is 10.8 Å². The lowest BCUT2D eigenvalue weighted by molar-refractivity contribution is -0.198. The molecule has 4 rings (SSSR count). The van der Waals surface area contributed by atoms with Crippen LogP contribution in [0.2, 0.25) is 0 Å². The number of carbonyl (C=O) groups excluding carboxylic acids is 2. The number of amides is 2. The lowest BCUT2D eigenvalue weighted by Gasteiger charge is -2.36. The quantitative estimate of drug-likeness (QED) is 0.899. The predicted molar refractivity (Wildman–Crippen MR) is 103 cm³/mol. The van der Waals surface area contributed by atoms with E-state index in [-0.39, 0.29) is 18.2 Å². The highest BCUT2D eigenvalue weighted by Gasteiger charge is 2.33. The molecule has 2 aliphatic rings. The molecule has 142 valence electrons. The van der Waals surface area contributed by atoms with E-state index in [4.69, 9.17) is 4.84 Å². The lowest BCUT2D eigenvalue weighted by atomic mass is 10.0. The molecule has 0 radical (unpaired) electrons. The molecule has 1 N–H and O–H groups in total. The Bertz CT molecular complexity index is 832. The van der Waals surface area contributed by atoms with Crippen LogP contribution >= 0.6 is 0 Å². The van der Waals surface area contributed by atoms with E-state index < -0.39 is 6.04 Å². The molecule has 0 spiro atoms. The Morgan fingerprint density at radius 1 is 1.11 bits per heavy atom. The number of carbonyl (C=O) groups is 2. The molecule has 2 fully saturated rings. The molecular formula is C21H25N3O3. The third-order valence-corrected chi connectivity index (χ3v) is 5.29. The first-order valence-electron chi connectivity index (χ1n) is 9.63. The molecule has 27 heavy (non-hydrogen) atoms. The van der Waals surface area contributed by atoms with Crippen molar-refractivity contribution in [1.29, 1.82) is 0 Å². The van der Waals surface area contributed by atoms with Crippen molar-refractivity contribution in [1.82, 2.24) is 15.3 Å². The zero-order valence-electron chi connectivity index (χ0n) is 15.4. The first-order chi connectivity index (χ1) is 13.2. The predicted octanol–water partition coefficient (Wildman–Crippen LogP) is 2.08. The van der Waals surface area contributed by atoms with Crippen molar-refractivity contribution in [2.24, 2.45) is 0 Å². The Balaban J connectivity index is 1.48. The minimum atomic E-state index is -0.455. The van der Waals surface area contributed by atoms with E-state index >= 15 is 0 Å². The Kier molecular flexibility index (Phi) is 5.36. The minimum Gasteiger partial charge on any atom is -0.353 e. The molecule has 0 aromatic heterocycles. The van der Waals surface area contributed by atoms with E-state index in [0.29, 0.717) is 26.2 Å². The second kappa shape index (κ2) is 8.06. The minimum absolute atomic E-state index is 0.0765. The standard InChI is InChI=1S/C21H25N3O3/c25-20(24-10-3-4-12-27-24)14-19-21(26)22-9-11-23(19)15-16-7-8-17-5-1-2-6-18(17)13-16/h1-2,5-8,13,19H,3-4,9-12,14-15H2,(H,22,26). The van der Waals surface area contributed by atoms with Gasteiger partial charge < -0.3 is 5.32 Å². The molecule has 0 saturated carbocycles. The third-order valence-electron chi connectivity index (χ3n) is 5.29. The van der Waals surface area contributed by atoms with E-state index in [1.165, 1.54) is 15.8 Å². The summed E-state index contributed by atoms with van der Waals surface area (Å²) in [6.45, 7) is 3.17. The van der Waals surface area contributed by atoms with Crippen LogP contribution in [-0.4, -0.2) is 54.1 Å². The average Bonchev–Trinajstić information content (AvgIpc) is 2.71. The fourth-order valence-corrected chi connectivity index (χ4v) is 3.81. The molecule has 1 atom stereocenters. The molecule has 2 aliphatic heterocycles. The number of fused-ring (bicyclic) bond motifs is 1. The fraction of sp³-hybridized carbons (Fsp3) is 0.429. The van der Waals surface area contributed by atoms with Gasteiger partial charge in [0, 0.05) is 26.2 Å². The number of benzene rings is 2. The Labute approximate surface area is 159 Å². The summed E-state index contributed by atoms with van der Waals surface area (Å²) in [7, 11) is 0. The van der Waals surface area contributed by atoms with Gasteiger partial charge in [-0.2, -0.15) is 0 Å². The molecular weight excluding hydrogens is 342 g/mol. The zero-order chi connectivity index (χ0) is 18.6. The second-order valence-electron chi connectivity index (χ2n) is 7.20. The van der Waals surface area contributed by atoms with Gasteiger partial charge in [0.15, 0.2) is 0 Å². The topological polar surface area (TPSA) is 61.9 Å². The smallest absolute Gasteiger partial charge is 0.248 e. The largest absolute Gasteiger partial charge is 0.353 e. The van der Waals surface area contributed by atoms with Crippen LogP contribution in [-0.2, 0) is 21.0 Å². The molecule has 0 aliphatic carbocycles. The molecule has 2 heterocycles. The fourth-order valence-electron chi connectivity index (χ4n) is 3.81. The van der Waals surface area contributed by atoms with E-state index in [0.717, 1.165) is 24.9 Å². The van der Waals surface area contributed by atoms with E-state index in [2.05, 4.69) is 40.5 Å². The van der Waals surface area contributed by atoms with E-state index in [9.17, 15) is 9.59 Å². The van der Waals surface area contributed by atoms with Gasteiger partial charge in [0.1, 0.15) is 0 Å². The van der Waals surface area contributed by atoms with E-state index in [1.54, 1.807) is 0 Å². The highest BCUT2D eigenvalue weighted by atomic mass is 16.7. The van der Waals surface area contributed by atoms with E-state index in [1.807, 2.05) is 12.1 Å². The van der Waals surface area contributed by atoms with Gasteiger partial charge in [0.05, 0.1) is 19.1 Å². The van der Waals surface area contributed by atoms with Crippen molar-refractivity contribution >= 4 is 22.6 Å². The van der Waals surface area contributed by atoms with Crippen LogP contribution in [0.1, 0.15) is 24.8 Å². The van der Waals surface area contributed by atoms with Gasteiger partial charge in [-0.15, -0.1) is 0 Å². The third kappa shape index (κ3) is 4.12. The van der Waals surface area contributed by atoms with Gasteiger partial charge in [-0.1, -0.05) is 36.4 Å². The summed E-state index contributed by atoms with van der Waals surface area (Å²) in [5.41, 5.74) is 1.15. The zero-order valence-corrected chi connectivity index (χ0v) is 15.4. The highest BCUT2D eigenvalue weighted by molar-refractivity contribution is 5.88. The van der Waals surface area contributed by atoms with Gasteiger partial charge in [-0.3, -0.25) is 19.3 Å². The number of piperazine rings is 1. The Morgan fingerprint density at radius 3 is 2.78 bits per heavy atom. The normalized spacial score (nSPS) is 21.3. The van der Waals surface area contributed by atoms with Crippen LogP contribution in [0.15, 0.2) is 42.5 Å². The summed E-state index contributed by atoms with van der Waals surface area (Å²) in [6, 6.07) is 14.2. The second-order valence-corrected chi connectivity index (χ2v) is 7.20. The van der Waals surface area contributed by atoms with Crippen LogP contribution < -0.4 is 5.32 Å². The lowest BCUT2D eigenvalue weighted by Crippen LogP contribution is -2.56. The first kappa shape index (κ1) is 17.9. The van der Waals surface area contributed by atoms with Crippen molar-refractivity contribution < 1.29 is 14.4 Å². The van der Waals surface area contributed by atoms with Crippen molar-refractivity contribution in [3.05, 3.63) is 48.0 Å². The summed E-state index contributed by atoms with van der Waals surface area (Å²) in [5.74, 6) is -0.187. The Morgan fingerprint density at radius 2 is 1.96 bits per heavy atom. The highest BCUT2D eigenvalue weighted by Crippen LogP contribution is 2.20. The van der Waals surface area contributed by atoms with Crippen LogP contribution in [0.4, 0.5) is 0 Å². The summed E-state index contributed by atoms with van der Waals surface area (Å²) in [5, 5.41) is 6.71. The molecule has 1 unspecified atom stereocenters. The van der Waals surface area contributed by atoms with Crippen molar-refractivity contribution in [2.45, 2.75) is 31.8 Å². The van der Waals surface area contributed by atoms with Gasteiger partial charge >= 0.3 is 0 Å². The molecule has 2 aromatic rings. The van der Waals surface area contributed by atoms with Crippen molar-refractivity contribution in [3.63, 3.8) is 0 Å². The number of hydroxylamine groups is 2. The van der Waals surface area contributed by atoms with Gasteiger partial charge in [-0.25, -0.2) is 5.06 Å². The molecule has 2 amide bonds. The number of nitrogens with one attached hydrogen (secondary N) is 1. The Hall–Kier alpha value is -2.44. The summed E-state index contributed by atoms with van der Waals surface area (Å²) in [4.78, 5) is 32.6. The molecule has 6 heteroatoms. The SMILES string of the molecule is O=C1NCCN(Cc2ccc3ccccc3c2)C1CC(=O)N1CCCCO1. The van der Waals surface area contributed by atoms with Crippen molar-refractivity contribution in [2.75, 3.05) is 26.2 Å². The summed E-state index contributed by atoms with van der Waals surface area (Å²) >= 11 is 0. The monoisotopic (exact) mass is 367 g/mol. The average molecular weight is 367 g/mol.